The molecule has 106 valence electrons. The van der Waals surface area contributed by atoms with E-state index in [1.165, 1.54) is 0 Å². The van der Waals surface area contributed by atoms with E-state index >= 15 is 0 Å². The van der Waals surface area contributed by atoms with Crippen molar-refractivity contribution < 1.29 is 0 Å². The van der Waals surface area contributed by atoms with Crippen LogP contribution >= 0.6 is 12.2 Å². The maximum absolute atomic E-state index is 5.62. The number of nitrogens with two attached hydrogens (primary N) is 1. The second-order valence-electron chi connectivity index (χ2n) is 4.97. The van der Waals surface area contributed by atoms with E-state index in [0.29, 0.717) is 23.6 Å². The lowest BCUT2D eigenvalue weighted by Crippen LogP contribution is -2.40. The van der Waals surface area contributed by atoms with Crippen LogP contribution in [0.15, 0.2) is 12.4 Å². The summed E-state index contributed by atoms with van der Waals surface area (Å²) >= 11 is 4.96. The topological polar surface area (TPSA) is 67.1 Å². The Hall–Kier alpha value is -1.27. The van der Waals surface area contributed by atoms with E-state index in [9.17, 15) is 0 Å². The molecule has 0 fully saturated rings. The molecule has 5 nitrogen and oxygen atoms in total. The molecule has 0 atom stereocenters. The van der Waals surface area contributed by atoms with Crippen molar-refractivity contribution in [1.82, 2.24) is 14.9 Å². The second-order valence-corrected chi connectivity index (χ2v) is 5.41. The zero-order valence-electron chi connectivity index (χ0n) is 12.1. The number of hydrogen-bond acceptors (Lipinski definition) is 5. The first-order chi connectivity index (χ1) is 8.93. The summed E-state index contributed by atoms with van der Waals surface area (Å²) in [7, 11) is 0. The highest BCUT2D eigenvalue weighted by Gasteiger charge is 2.13. The number of nitrogens with one attached hydrogen (secondary N) is 1. The van der Waals surface area contributed by atoms with Crippen LogP contribution < -0.4 is 11.1 Å². The van der Waals surface area contributed by atoms with Gasteiger partial charge in [0.15, 0.2) is 5.82 Å². The van der Waals surface area contributed by atoms with Crippen molar-refractivity contribution in [2.24, 2.45) is 5.73 Å². The average molecular weight is 281 g/mol. The van der Waals surface area contributed by atoms with E-state index in [0.717, 1.165) is 13.1 Å². The number of nitrogens with zero attached hydrogens (tertiary/aromatic N) is 3. The minimum Gasteiger partial charge on any atom is -0.388 e. The van der Waals surface area contributed by atoms with Gasteiger partial charge in [-0.15, -0.1) is 0 Å². The first kappa shape index (κ1) is 15.8. The summed E-state index contributed by atoms with van der Waals surface area (Å²) in [6.07, 6.45) is 3.22. The summed E-state index contributed by atoms with van der Waals surface area (Å²) in [6, 6.07) is 1.03. The highest BCUT2D eigenvalue weighted by atomic mass is 32.1. The Morgan fingerprint density at radius 2 is 1.84 bits per heavy atom. The molecule has 0 spiro atoms. The molecular formula is C13H23N5S. The Balaban J connectivity index is 2.60. The van der Waals surface area contributed by atoms with E-state index in [4.69, 9.17) is 18.0 Å². The third-order valence-electron chi connectivity index (χ3n) is 2.92. The fraction of sp³-hybridized carbons (Fsp3) is 0.615. The molecule has 1 heterocycles. The van der Waals surface area contributed by atoms with E-state index in [1.54, 1.807) is 12.4 Å². The molecule has 0 radical (unpaired) electrons. The SMILES string of the molecule is CC(C)N(CCNc1nccnc1C(N)=S)C(C)C. The van der Waals surface area contributed by atoms with Crippen LogP contribution in [0, 0.1) is 0 Å². The lowest BCUT2D eigenvalue weighted by molar-refractivity contribution is 0.182. The van der Waals surface area contributed by atoms with Gasteiger partial charge in [0.1, 0.15) is 10.7 Å². The first-order valence-electron chi connectivity index (χ1n) is 6.54. The predicted molar refractivity (Wildman–Crippen MR) is 83.4 cm³/mol. The van der Waals surface area contributed by atoms with Crippen LogP contribution in [-0.4, -0.2) is 45.0 Å². The molecule has 3 N–H and O–H groups in total. The van der Waals surface area contributed by atoms with Gasteiger partial charge in [-0.3, -0.25) is 4.90 Å². The largest absolute Gasteiger partial charge is 0.388 e. The van der Waals surface area contributed by atoms with Gasteiger partial charge >= 0.3 is 0 Å². The number of thiocarbonyl (C=S) groups is 1. The summed E-state index contributed by atoms with van der Waals surface area (Å²) < 4.78 is 0. The van der Waals surface area contributed by atoms with Gasteiger partial charge in [0.25, 0.3) is 0 Å². The van der Waals surface area contributed by atoms with Gasteiger partial charge in [0, 0.05) is 37.6 Å². The van der Waals surface area contributed by atoms with Gasteiger partial charge in [0.05, 0.1) is 0 Å². The Bertz CT molecular complexity index is 411. The first-order valence-corrected chi connectivity index (χ1v) is 6.94. The molecule has 0 bridgehead atoms. The lowest BCUT2D eigenvalue weighted by atomic mass is 10.2. The van der Waals surface area contributed by atoms with Crippen molar-refractivity contribution in [3.8, 4) is 0 Å². The molecule has 1 rings (SSSR count). The van der Waals surface area contributed by atoms with Gasteiger partial charge in [0.2, 0.25) is 0 Å². The van der Waals surface area contributed by atoms with Crippen molar-refractivity contribution in [2.75, 3.05) is 18.4 Å². The van der Waals surface area contributed by atoms with Crippen LogP contribution in [0.3, 0.4) is 0 Å². The minimum atomic E-state index is 0.264. The third kappa shape index (κ3) is 4.72. The number of hydrogen-bond donors (Lipinski definition) is 2. The van der Waals surface area contributed by atoms with Crippen LogP contribution in [-0.2, 0) is 0 Å². The fourth-order valence-electron chi connectivity index (χ4n) is 2.06. The summed E-state index contributed by atoms with van der Waals surface area (Å²) in [5.74, 6) is 0.655. The van der Waals surface area contributed by atoms with Crippen LogP contribution in [0.2, 0.25) is 0 Å². The number of aromatic nitrogens is 2. The summed E-state index contributed by atoms with van der Waals surface area (Å²) in [4.78, 5) is 11.0. The summed E-state index contributed by atoms with van der Waals surface area (Å²) in [6.45, 7) is 10.5. The van der Waals surface area contributed by atoms with Crippen LogP contribution in [0.1, 0.15) is 33.4 Å². The number of anilines is 1. The van der Waals surface area contributed by atoms with Crippen LogP contribution in [0.25, 0.3) is 0 Å². The molecule has 0 aliphatic rings. The van der Waals surface area contributed by atoms with Crippen molar-refractivity contribution >= 4 is 23.0 Å². The predicted octanol–water partition coefficient (Wildman–Crippen LogP) is 1.64. The van der Waals surface area contributed by atoms with Gasteiger partial charge < -0.3 is 11.1 Å². The monoisotopic (exact) mass is 281 g/mol. The van der Waals surface area contributed by atoms with Crippen LogP contribution in [0.5, 0.6) is 0 Å². The Morgan fingerprint density at radius 1 is 1.26 bits per heavy atom. The van der Waals surface area contributed by atoms with E-state index < -0.39 is 0 Å². The van der Waals surface area contributed by atoms with E-state index in [2.05, 4.69) is 47.9 Å². The van der Waals surface area contributed by atoms with Gasteiger partial charge in [-0.25, -0.2) is 9.97 Å². The number of rotatable bonds is 7. The summed E-state index contributed by atoms with van der Waals surface area (Å²) in [5, 5.41) is 3.25. The molecular weight excluding hydrogens is 258 g/mol. The van der Waals surface area contributed by atoms with E-state index in [1.807, 2.05) is 0 Å². The molecule has 19 heavy (non-hydrogen) atoms. The Kier molecular flexibility index (Phi) is 6.11. The molecule has 0 saturated heterocycles. The smallest absolute Gasteiger partial charge is 0.155 e. The minimum absolute atomic E-state index is 0.264. The zero-order valence-corrected chi connectivity index (χ0v) is 12.9. The Labute approximate surface area is 120 Å². The molecule has 0 amide bonds. The highest BCUT2D eigenvalue weighted by Crippen LogP contribution is 2.09. The van der Waals surface area contributed by atoms with Gasteiger partial charge in [-0.1, -0.05) is 12.2 Å². The zero-order chi connectivity index (χ0) is 14.4. The Morgan fingerprint density at radius 3 is 2.37 bits per heavy atom. The highest BCUT2D eigenvalue weighted by molar-refractivity contribution is 7.80. The molecule has 0 aliphatic carbocycles. The van der Waals surface area contributed by atoms with Gasteiger partial charge in [-0.05, 0) is 27.7 Å². The average Bonchev–Trinajstić information content (AvgIpc) is 2.33. The normalized spacial score (nSPS) is 11.3. The fourth-order valence-corrected chi connectivity index (χ4v) is 2.21. The molecule has 0 saturated carbocycles. The van der Waals surface area contributed by atoms with Gasteiger partial charge in [-0.2, -0.15) is 0 Å². The van der Waals surface area contributed by atoms with Crippen molar-refractivity contribution in [1.29, 1.82) is 0 Å². The molecule has 0 aliphatic heterocycles. The third-order valence-corrected chi connectivity index (χ3v) is 3.11. The molecule has 6 heteroatoms. The summed E-state index contributed by atoms with van der Waals surface area (Å²) in [5.41, 5.74) is 6.17. The standard InChI is InChI=1S/C13H23N5S/c1-9(2)18(10(3)4)8-7-17-13-11(12(14)19)15-5-6-16-13/h5-6,9-10H,7-8H2,1-4H3,(H2,14,19)(H,16,17). The molecule has 1 aromatic heterocycles. The molecule has 1 aromatic rings. The molecule has 0 unspecified atom stereocenters. The second kappa shape index (κ2) is 7.35. The quantitative estimate of drug-likeness (QED) is 0.741. The maximum atomic E-state index is 5.62. The molecule has 0 aromatic carbocycles. The van der Waals surface area contributed by atoms with E-state index in [-0.39, 0.29) is 4.99 Å². The maximum Gasteiger partial charge on any atom is 0.155 e. The van der Waals surface area contributed by atoms with Crippen molar-refractivity contribution in [3.63, 3.8) is 0 Å². The van der Waals surface area contributed by atoms with Crippen molar-refractivity contribution in [3.05, 3.63) is 18.1 Å². The van der Waals surface area contributed by atoms with Crippen molar-refractivity contribution in [2.45, 2.75) is 39.8 Å². The van der Waals surface area contributed by atoms with Crippen LogP contribution in [0.4, 0.5) is 5.82 Å². The lowest BCUT2D eigenvalue weighted by Gasteiger charge is -2.30.